The Morgan fingerprint density at radius 1 is 1.24 bits per heavy atom. The first-order valence-electron chi connectivity index (χ1n) is 7.17. The second kappa shape index (κ2) is 7.26. The van der Waals surface area contributed by atoms with E-state index in [1.807, 2.05) is 16.8 Å². The smallest absolute Gasteiger partial charge is 0.241 e. The number of aromatic nitrogens is 2. The Morgan fingerprint density at radius 2 is 2.04 bits per heavy atom. The number of methoxy groups -OCH3 is 1. The molecule has 3 aromatic rings. The number of nitrogens with zero attached hydrogens (tertiary/aromatic N) is 2. The molecule has 6 nitrogen and oxygen atoms in total. The quantitative estimate of drug-likeness (QED) is 0.712. The van der Waals surface area contributed by atoms with Gasteiger partial charge in [0, 0.05) is 23.3 Å². The summed E-state index contributed by atoms with van der Waals surface area (Å²) in [5, 5.41) is 3.80. The van der Waals surface area contributed by atoms with Gasteiger partial charge in [-0.2, -0.15) is 11.3 Å². The van der Waals surface area contributed by atoms with Gasteiger partial charge in [0.15, 0.2) is 11.6 Å². The molecule has 2 aromatic heterocycles. The van der Waals surface area contributed by atoms with Crippen LogP contribution < -0.4 is 9.46 Å². The Hall–Kier alpha value is -2.36. The van der Waals surface area contributed by atoms with Gasteiger partial charge in [0.25, 0.3) is 0 Å². The van der Waals surface area contributed by atoms with Crippen LogP contribution in [0.1, 0.15) is 5.69 Å². The molecule has 0 amide bonds. The first kappa shape index (κ1) is 17.5. The van der Waals surface area contributed by atoms with Crippen LogP contribution in [0.5, 0.6) is 5.75 Å². The van der Waals surface area contributed by atoms with Crippen LogP contribution in [-0.4, -0.2) is 25.5 Å². The summed E-state index contributed by atoms with van der Waals surface area (Å²) in [7, 11) is -2.59. The third-order valence-electron chi connectivity index (χ3n) is 3.43. The fourth-order valence-electron chi connectivity index (χ4n) is 2.20. The van der Waals surface area contributed by atoms with Crippen molar-refractivity contribution >= 4 is 21.4 Å². The van der Waals surface area contributed by atoms with Crippen molar-refractivity contribution in [3.63, 3.8) is 0 Å². The molecule has 0 saturated heterocycles. The molecule has 0 fully saturated rings. The number of halogens is 1. The average Bonchev–Trinajstić information content (AvgIpc) is 3.14. The molecule has 0 unspecified atom stereocenters. The number of thiophene rings is 1. The molecule has 1 aromatic carbocycles. The minimum Gasteiger partial charge on any atom is -0.494 e. The topological polar surface area (TPSA) is 81.2 Å². The van der Waals surface area contributed by atoms with Crippen LogP contribution in [0.3, 0.4) is 0 Å². The maximum absolute atomic E-state index is 13.8. The maximum atomic E-state index is 13.8. The van der Waals surface area contributed by atoms with E-state index in [0.29, 0.717) is 11.4 Å². The lowest BCUT2D eigenvalue weighted by molar-refractivity contribution is 0.385. The van der Waals surface area contributed by atoms with Crippen LogP contribution in [0, 0.1) is 5.82 Å². The first-order valence-corrected chi connectivity index (χ1v) is 9.59. The van der Waals surface area contributed by atoms with Gasteiger partial charge in [-0.25, -0.2) is 17.5 Å². The Kier molecular flexibility index (Phi) is 5.07. The van der Waals surface area contributed by atoms with E-state index in [0.717, 1.165) is 11.6 Å². The van der Waals surface area contributed by atoms with Gasteiger partial charge in [-0.3, -0.25) is 9.97 Å². The molecule has 0 bridgehead atoms. The van der Waals surface area contributed by atoms with Crippen molar-refractivity contribution in [2.45, 2.75) is 11.4 Å². The monoisotopic (exact) mass is 379 g/mol. The van der Waals surface area contributed by atoms with E-state index in [1.54, 1.807) is 6.20 Å². The summed E-state index contributed by atoms with van der Waals surface area (Å²) in [5.74, 6) is -0.767. The Morgan fingerprint density at radius 3 is 2.72 bits per heavy atom. The second-order valence-electron chi connectivity index (χ2n) is 4.98. The lowest BCUT2D eigenvalue weighted by Crippen LogP contribution is -2.24. The van der Waals surface area contributed by atoms with E-state index in [1.165, 1.54) is 36.8 Å². The highest BCUT2D eigenvalue weighted by Crippen LogP contribution is 2.23. The van der Waals surface area contributed by atoms with E-state index in [-0.39, 0.29) is 17.2 Å². The van der Waals surface area contributed by atoms with Gasteiger partial charge in [-0.05, 0) is 29.6 Å². The number of benzene rings is 1. The zero-order valence-corrected chi connectivity index (χ0v) is 14.8. The summed E-state index contributed by atoms with van der Waals surface area (Å²) in [6.07, 6.45) is 3.04. The SMILES string of the molecule is COc1ccc(S(=O)(=O)NCc2nccnc2-c2ccsc2)cc1F. The van der Waals surface area contributed by atoms with E-state index in [4.69, 9.17) is 4.74 Å². The number of sulfonamides is 1. The van der Waals surface area contributed by atoms with Crippen LogP contribution >= 0.6 is 11.3 Å². The van der Waals surface area contributed by atoms with E-state index in [2.05, 4.69) is 14.7 Å². The molecule has 0 aliphatic heterocycles. The normalized spacial score (nSPS) is 11.4. The van der Waals surface area contributed by atoms with Crippen LogP contribution in [-0.2, 0) is 16.6 Å². The Balaban J connectivity index is 1.83. The molecule has 0 aliphatic rings. The van der Waals surface area contributed by atoms with Crippen molar-refractivity contribution in [3.8, 4) is 17.0 Å². The summed E-state index contributed by atoms with van der Waals surface area (Å²) in [6.45, 7) is -0.0605. The molecule has 0 aliphatic carbocycles. The lowest BCUT2D eigenvalue weighted by atomic mass is 10.2. The van der Waals surface area contributed by atoms with Gasteiger partial charge in [0.05, 0.1) is 29.9 Å². The predicted molar refractivity (Wildman–Crippen MR) is 92.3 cm³/mol. The molecular formula is C16H14FN3O3S2. The number of hydrogen-bond donors (Lipinski definition) is 1. The van der Waals surface area contributed by atoms with Crippen LogP contribution in [0.15, 0.2) is 52.3 Å². The molecule has 9 heteroatoms. The van der Waals surface area contributed by atoms with Crippen LogP contribution in [0.4, 0.5) is 4.39 Å². The van der Waals surface area contributed by atoms with Crippen molar-refractivity contribution in [1.29, 1.82) is 0 Å². The van der Waals surface area contributed by atoms with Crippen molar-refractivity contribution in [2.75, 3.05) is 7.11 Å². The summed E-state index contributed by atoms with van der Waals surface area (Å²) >= 11 is 1.51. The molecule has 0 spiro atoms. The second-order valence-corrected chi connectivity index (χ2v) is 7.53. The van der Waals surface area contributed by atoms with Gasteiger partial charge in [0.2, 0.25) is 10.0 Å². The molecule has 3 rings (SSSR count). The van der Waals surface area contributed by atoms with E-state index < -0.39 is 15.8 Å². The van der Waals surface area contributed by atoms with Gasteiger partial charge in [-0.1, -0.05) is 0 Å². The summed E-state index contributed by atoms with van der Waals surface area (Å²) < 4.78 is 45.8. The van der Waals surface area contributed by atoms with Gasteiger partial charge < -0.3 is 4.74 Å². The van der Waals surface area contributed by atoms with Gasteiger partial charge in [0.1, 0.15) is 0 Å². The highest BCUT2D eigenvalue weighted by atomic mass is 32.2. The minimum absolute atomic E-state index is 0.0207. The van der Waals surface area contributed by atoms with Crippen LogP contribution in [0.25, 0.3) is 11.3 Å². The lowest BCUT2D eigenvalue weighted by Gasteiger charge is -2.10. The number of hydrogen-bond acceptors (Lipinski definition) is 6. The van der Waals surface area contributed by atoms with Crippen molar-refractivity contribution in [1.82, 2.24) is 14.7 Å². The molecule has 0 radical (unpaired) electrons. The fourth-order valence-corrected chi connectivity index (χ4v) is 3.84. The van der Waals surface area contributed by atoms with E-state index in [9.17, 15) is 12.8 Å². The van der Waals surface area contributed by atoms with Gasteiger partial charge >= 0.3 is 0 Å². The van der Waals surface area contributed by atoms with Crippen molar-refractivity contribution in [3.05, 3.63) is 58.9 Å². The average molecular weight is 379 g/mol. The molecule has 1 N–H and O–H groups in total. The molecular weight excluding hydrogens is 365 g/mol. The summed E-state index contributed by atoms with van der Waals surface area (Å²) in [5.41, 5.74) is 1.95. The first-order chi connectivity index (χ1) is 12.0. The minimum atomic E-state index is -3.90. The third kappa shape index (κ3) is 3.84. The van der Waals surface area contributed by atoms with Crippen LogP contribution in [0.2, 0.25) is 0 Å². The molecule has 130 valence electrons. The highest BCUT2D eigenvalue weighted by Gasteiger charge is 2.18. The van der Waals surface area contributed by atoms with Gasteiger partial charge in [-0.15, -0.1) is 0 Å². The maximum Gasteiger partial charge on any atom is 0.241 e. The zero-order chi connectivity index (χ0) is 17.9. The predicted octanol–water partition coefficient (Wildman–Crippen LogP) is 2.83. The largest absolute Gasteiger partial charge is 0.494 e. The number of ether oxygens (including phenoxy) is 1. The molecule has 0 atom stereocenters. The van der Waals surface area contributed by atoms with Crippen molar-refractivity contribution in [2.24, 2.45) is 0 Å². The third-order valence-corrected chi connectivity index (χ3v) is 5.51. The highest BCUT2D eigenvalue weighted by molar-refractivity contribution is 7.89. The molecule has 0 saturated carbocycles. The number of rotatable bonds is 6. The van der Waals surface area contributed by atoms with E-state index >= 15 is 0 Å². The standard InChI is InChI=1S/C16H14FN3O3S2/c1-23-15-3-2-12(8-13(15)17)25(21,22)20-9-14-16(19-6-5-18-14)11-4-7-24-10-11/h2-8,10,20H,9H2,1H3. The molecule has 2 heterocycles. The zero-order valence-electron chi connectivity index (χ0n) is 13.1. The summed E-state index contributed by atoms with van der Waals surface area (Å²) in [4.78, 5) is 8.27. The molecule has 25 heavy (non-hydrogen) atoms. The fraction of sp³-hybridized carbons (Fsp3) is 0.125. The Bertz CT molecular complexity index is 976. The number of nitrogens with one attached hydrogen (secondary N) is 1. The van der Waals surface area contributed by atoms with Crippen molar-refractivity contribution < 1.29 is 17.5 Å². The Labute approximate surface area is 148 Å². The summed E-state index contributed by atoms with van der Waals surface area (Å²) in [6, 6.07) is 5.34.